The number of benzene rings is 1. The number of hydrogen-bond donors (Lipinski definition) is 2. The topological polar surface area (TPSA) is 76.7 Å². The smallest absolute Gasteiger partial charge is 0.292 e. The van der Waals surface area contributed by atoms with Crippen LogP contribution in [0.5, 0.6) is 0 Å². The molecule has 0 saturated carbocycles. The number of anilines is 1. The normalized spacial score (nSPS) is 23.3. The molecule has 1 aromatic carbocycles. The number of nitrogens with zero attached hydrogens (tertiary/aromatic N) is 1. The SMILES string of the molecule is CC1CC[NH+]([C@H](C)C(=O)Nc2ccccc2[N+](=O)[O-])CC1. The average molecular weight is 292 g/mol. The number of carbonyl (C=O) groups is 1. The van der Waals surface area contributed by atoms with Crippen molar-refractivity contribution >= 4 is 17.3 Å². The van der Waals surface area contributed by atoms with E-state index in [2.05, 4.69) is 12.2 Å². The molecule has 1 aromatic rings. The predicted molar refractivity (Wildman–Crippen MR) is 80.3 cm³/mol. The van der Waals surface area contributed by atoms with Crippen LogP contribution in [0.3, 0.4) is 0 Å². The number of amides is 1. The van der Waals surface area contributed by atoms with Crippen molar-refractivity contribution in [1.29, 1.82) is 0 Å². The van der Waals surface area contributed by atoms with Crippen LogP contribution in [0.4, 0.5) is 11.4 Å². The standard InChI is InChI=1S/C15H21N3O3/c1-11-7-9-17(10-8-11)12(2)15(19)16-13-5-3-4-6-14(13)18(20)21/h3-6,11-12H,7-10H2,1-2H3,(H,16,19)/p+1/t12-/m1/s1. The van der Waals surface area contributed by atoms with Crippen LogP contribution in [0, 0.1) is 16.0 Å². The molecule has 6 nitrogen and oxygen atoms in total. The van der Waals surface area contributed by atoms with E-state index in [1.807, 2.05) is 6.92 Å². The van der Waals surface area contributed by atoms with Crippen molar-refractivity contribution in [3.05, 3.63) is 34.4 Å². The van der Waals surface area contributed by atoms with E-state index in [4.69, 9.17) is 0 Å². The zero-order valence-corrected chi connectivity index (χ0v) is 12.5. The van der Waals surface area contributed by atoms with E-state index in [0.29, 0.717) is 0 Å². The maximum Gasteiger partial charge on any atom is 0.292 e. The van der Waals surface area contributed by atoms with Crippen molar-refractivity contribution in [2.75, 3.05) is 18.4 Å². The first kappa shape index (κ1) is 15.4. The zero-order chi connectivity index (χ0) is 15.4. The van der Waals surface area contributed by atoms with Gasteiger partial charge in [0.05, 0.1) is 18.0 Å². The summed E-state index contributed by atoms with van der Waals surface area (Å²) in [5.74, 6) is 0.563. The third-order valence-corrected chi connectivity index (χ3v) is 4.28. The van der Waals surface area contributed by atoms with Gasteiger partial charge in [0.1, 0.15) is 5.69 Å². The van der Waals surface area contributed by atoms with Gasteiger partial charge in [-0.1, -0.05) is 19.1 Å². The molecule has 2 N–H and O–H groups in total. The van der Waals surface area contributed by atoms with E-state index < -0.39 is 4.92 Å². The molecule has 0 aromatic heterocycles. The lowest BCUT2D eigenvalue weighted by Crippen LogP contribution is -3.17. The van der Waals surface area contributed by atoms with Gasteiger partial charge in [-0.15, -0.1) is 0 Å². The molecule has 1 heterocycles. The Hall–Kier alpha value is -1.95. The molecule has 1 aliphatic heterocycles. The van der Waals surface area contributed by atoms with Crippen LogP contribution in [-0.4, -0.2) is 30.0 Å². The maximum absolute atomic E-state index is 12.3. The predicted octanol–water partition coefficient (Wildman–Crippen LogP) is 1.24. The van der Waals surface area contributed by atoms with E-state index in [0.717, 1.165) is 31.8 Å². The molecule has 1 atom stereocenters. The van der Waals surface area contributed by atoms with Gasteiger partial charge >= 0.3 is 0 Å². The van der Waals surface area contributed by atoms with E-state index in [1.54, 1.807) is 18.2 Å². The Bertz CT molecular complexity index is 525. The zero-order valence-electron chi connectivity index (χ0n) is 12.5. The Balaban J connectivity index is 2.03. The number of carbonyl (C=O) groups excluding carboxylic acids is 1. The van der Waals surface area contributed by atoms with E-state index >= 15 is 0 Å². The number of nitro groups is 1. The van der Waals surface area contributed by atoms with Crippen molar-refractivity contribution in [1.82, 2.24) is 0 Å². The highest BCUT2D eigenvalue weighted by Crippen LogP contribution is 2.23. The third-order valence-electron chi connectivity index (χ3n) is 4.28. The Morgan fingerprint density at radius 3 is 2.62 bits per heavy atom. The summed E-state index contributed by atoms with van der Waals surface area (Å²) < 4.78 is 0. The third kappa shape index (κ3) is 3.78. The van der Waals surface area contributed by atoms with Gasteiger partial charge in [-0.25, -0.2) is 0 Å². The summed E-state index contributed by atoms with van der Waals surface area (Å²) in [5, 5.41) is 13.7. The number of nitro benzene ring substituents is 1. The van der Waals surface area contributed by atoms with Crippen LogP contribution in [0.2, 0.25) is 0 Å². The lowest BCUT2D eigenvalue weighted by atomic mass is 9.98. The Morgan fingerprint density at radius 2 is 2.00 bits per heavy atom. The summed E-state index contributed by atoms with van der Waals surface area (Å²) in [6.45, 7) is 6.07. The summed E-state index contributed by atoms with van der Waals surface area (Å²) in [7, 11) is 0. The lowest BCUT2D eigenvalue weighted by molar-refractivity contribution is -0.919. The molecule has 21 heavy (non-hydrogen) atoms. The number of piperidine rings is 1. The first-order valence-electron chi connectivity index (χ1n) is 7.38. The second-order valence-electron chi connectivity index (χ2n) is 5.83. The van der Waals surface area contributed by atoms with Crippen LogP contribution < -0.4 is 10.2 Å². The summed E-state index contributed by atoms with van der Waals surface area (Å²) >= 11 is 0. The van der Waals surface area contributed by atoms with Crippen LogP contribution in [-0.2, 0) is 4.79 Å². The Labute approximate surface area is 124 Å². The van der Waals surface area contributed by atoms with Crippen LogP contribution in [0.25, 0.3) is 0 Å². The summed E-state index contributed by atoms with van der Waals surface area (Å²) in [4.78, 5) is 24.1. The summed E-state index contributed by atoms with van der Waals surface area (Å²) in [6.07, 6.45) is 2.25. The van der Waals surface area contributed by atoms with E-state index in [9.17, 15) is 14.9 Å². The second-order valence-corrected chi connectivity index (χ2v) is 5.83. The molecule has 0 aliphatic carbocycles. The van der Waals surface area contributed by atoms with Crippen molar-refractivity contribution in [3.63, 3.8) is 0 Å². The minimum Gasteiger partial charge on any atom is -0.325 e. The maximum atomic E-state index is 12.3. The molecular weight excluding hydrogens is 270 g/mol. The fraction of sp³-hybridized carbons (Fsp3) is 0.533. The first-order chi connectivity index (χ1) is 9.99. The molecule has 0 unspecified atom stereocenters. The number of nitrogens with one attached hydrogen (secondary N) is 2. The molecule has 0 spiro atoms. The highest BCUT2D eigenvalue weighted by molar-refractivity contribution is 5.95. The number of quaternary nitrogens is 1. The van der Waals surface area contributed by atoms with Gasteiger partial charge in [0.25, 0.3) is 11.6 Å². The highest BCUT2D eigenvalue weighted by atomic mass is 16.6. The minimum absolute atomic E-state index is 0.0692. The van der Waals surface area contributed by atoms with Gasteiger partial charge < -0.3 is 10.2 Å². The van der Waals surface area contributed by atoms with Crippen LogP contribution >= 0.6 is 0 Å². The minimum atomic E-state index is -0.476. The monoisotopic (exact) mass is 292 g/mol. The number of likely N-dealkylation sites (tertiary alicyclic amines) is 1. The quantitative estimate of drug-likeness (QED) is 0.647. The second kappa shape index (κ2) is 6.67. The van der Waals surface area contributed by atoms with Crippen molar-refractivity contribution < 1.29 is 14.6 Å². The Morgan fingerprint density at radius 1 is 1.38 bits per heavy atom. The highest BCUT2D eigenvalue weighted by Gasteiger charge is 2.29. The van der Waals surface area contributed by atoms with Gasteiger partial charge in [0.15, 0.2) is 6.04 Å². The molecule has 0 bridgehead atoms. The van der Waals surface area contributed by atoms with Crippen molar-refractivity contribution in [2.24, 2.45) is 5.92 Å². The van der Waals surface area contributed by atoms with Crippen LogP contribution in [0.15, 0.2) is 24.3 Å². The molecule has 1 aliphatic rings. The van der Waals surface area contributed by atoms with E-state index in [-0.39, 0.29) is 23.3 Å². The fourth-order valence-electron chi connectivity index (χ4n) is 2.73. The van der Waals surface area contributed by atoms with Crippen molar-refractivity contribution in [3.8, 4) is 0 Å². The number of hydrogen-bond acceptors (Lipinski definition) is 3. The molecule has 0 radical (unpaired) electrons. The molecule has 6 heteroatoms. The lowest BCUT2D eigenvalue weighted by Gasteiger charge is -2.31. The summed E-state index contributed by atoms with van der Waals surface area (Å²) in [6, 6.07) is 6.04. The largest absolute Gasteiger partial charge is 0.325 e. The molecule has 114 valence electrons. The molecule has 2 rings (SSSR count). The van der Waals surface area contributed by atoms with Gasteiger partial charge in [0.2, 0.25) is 0 Å². The fourth-order valence-corrected chi connectivity index (χ4v) is 2.73. The van der Waals surface area contributed by atoms with Crippen LogP contribution in [0.1, 0.15) is 26.7 Å². The molecule has 1 saturated heterocycles. The summed E-state index contributed by atoms with van der Waals surface area (Å²) in [5.41, 5.74) is 0.199. The Kier molecular flexibility index (Phi) is 4.90. The number of rotatable bonds is 4. The molecule has 1 fully saturated rings. The van der Waals surface area contributed by atoms with E-state index in [1.165, 1.54) is 11.0 Å². The van der Waals surface area contributed by atoms with Gasteiger partial charge in [-0.3, -0.25) is 14.9 Å². The van der Waals surface area contributed by atoms with Gasteiger partial charge in [-0.05, 0) is 31.7 Å². The van der Waals surface area contributed by atoms with Gasteiger partial charge in [0, 0.05) is 6.07 Å². The molecule has 1 amide bonds. The molecular formula is C15H22N3O3+. The number of para-hydroxylation sites is 2. The average Bonchev–Trinajstić information content (AvgIpc) is 2.47. The van der Waals surface area contributed by atoms with Gasteiger partial charge in [-0.2, -0.15) is 0 Å². The van der Waals surface area contributed by atoms with Crippen molar-refractivity contribution in [2.45, 2.75) is 32.7 Å². The first-order valence-corrected chi connectivity index (χ1v) is 7.38.